The molecular formula is C23H23N3OS. The van der Waals surface area contributed by atoms with Crippen LogP contribution < -0.4 is 5.32 Å². The molecule has 2 atom stereocenters. The van der Waals surface area contributed by atoms with Crippen LogP contribution in [0.25, 0.3) is 10.9 Å². The second-order valence-corrected chi connectivity index (χ2v) is 8.26. The minimum absolute atomic E-state index is 0.0343. The second kappa shape index (κ2) is 7.32. The van der Waals surface area contributed by atoms with Gasteiger partial charge in [-0.15, -0.1) is 0 Å². The molecular weight excluding hydrogens is 366 g/mol. The molecule has 5 rings (SSSR count). The number of aryl methyl sites for hydroxylation is 1. The lowest BCUT2D eigenvalue weighted by molar-refractivity contribution is -0.122. The van der Waals surface area contributed by atoms with Gasteiger partial charge in [-0.3, -0.25) is 4.79 Å². The third kappa shape index (κ3) is 3.16. The summed E-state index contributed by atoms with van der Waals surface area (Å²) in [6, 6.07) is 14.7. The topological polar surface area (TPSA) is 49.8 Å². The molecule has 4 aromatic rings. The van der Waals surface area contributed by atoms with E-state index in [-0.39, 0.29) is 18.0 Å². The van der Waals surface area contributed by atoms with Crippen molar-refractivity contribution in [1.82, 2.24) is 14.9 Å². The maximum absolute atomic E-state index is 13.0. The average molecular weight is 390 g/mol. The number of hydrogen-bond acceptors (Lipinski definition) is 2. The fourth-order valence-electron chi connectivity index (χ4n) is 4.40. The molecule has 0 radical (unpaired) electrons. The molecule has 0 saturated heterocycles. The van der Waals surface area contributed by atoms with Crippen LogP contribution in [0.15, 0.2) is 65.6 Å². The SMILES string of the molecule is O=C(C[C@@H](c1ccsc1)n1cccc1)N[C@H]1CCCc2c1[nH]c1ccccc21. The van der Waals surface area contributed by atoms with Crippen molar-refractivity contribution in [1.29, 1.82) is 0 Å². The number of fused-ring (bicyclic) bond motifs is 3. The van der Waals surface area contributed by atoms with E-state index >= 15 is 0 Å². The van der Waals surface area contributed by atoms with E-state index in [0.717, 1.165) is 24.8 Å². The summed E-state index contributed by atoms with van der Waals surface area (Å²) in [6.45, 7) is 0. The van der Waals surface area contributed by atoms with Crippen LogP contribution in [-0.2, 0) is 11.2 Å². The van der Waals surface area contributed by atoms with Gasteiger partial charge in [0.1, 0.15) is 0 Å². The minimum Gasteiger partial charge on any atom is -0.356 e. The molecule has 0 bridgehead atoms. The van der Waals surface area contributed by atoms with Crippen LogP contribution in [0, 0.1) is 0 Å². The van der Waals surface area contributed by atoms with Crippen molar-refractivity contribution in [3.05, 3.63) is 82.4 Å². The zero-order valence-electron chi connectivity index (χ0n) is 15.6. The van der Waals surface area contributed by atoms with Crippen molar-refractivity contribution in [2.24, 2.45) is 0 Å². The summed E-state index contributed by atoms with van der Waals surface area (Å²) in [5.74, 6) is 0.0985. The van der Waals surface area contributed by atoms with Crippen LogP contribution in [0.3, 0.4) is 0 Å². The Bertz CT molecular complexity index is 1040. The predicted octanol–water partition coefficient (Wildman–Crippen LogP) is 5.20. The Morgan fingerprint density at radius 1 is 1.21 bits per heavy atom. The summed E-state index contributed by atoms with van der Waals surface area (Å²) in [4.78, 5) is 16.6. The minimum atomic E-state index is 0.0343. The largest absolute Gasteiger partial charge is 0.356 e. The van der Waals surface area contributed by atoms with Crippen LogP contribution in [0.5, 0.6) is 0 Å². The first-order chi connectivity index (χ1) is 13.8. The number of carbonyl (C=O) groups excluding carboxylic acids is 1. The maximum atomic E-state index is 13.0. The summed E-state index contributed by atoms with van der Waals surface area (Å²) in [5, 5.41) is 8.81. The lowest BCUT2D eigenvalue weighted by Crippen LogP contribution is -2.32. The van der Waals surface area contributed by atoms with Crippen molar-refractivity contribution >= 4 is 28.1 Å². The number of aromatic nitrogens is 2. The summed E-state index contributed by atoms with van der Waals surface area (Å²) in [5.41, 5.74) is 4.91. The van der Waals surface area contributed by atoms with E-state index in [9.17, 15) is 4.79 Å². The number of para-hydroxylation sites is 1. The monoisotopic (exact) mass is 389 g/mol. The number of rotatable bonds is 5. The van der Waals surface area contributed by atoms with Crippen LogP contribution >= 0.6 is 11.3 Å². The average Bonchev–Trinajstić information content (AvgIpc) is 3.47. The summed E-state index contributed by atoms with van der Waals surface area (Å²) < 4.78 is 2.12. The Labute approximate surface area is 168 Å². The number of aromatic amines is 1. The number of H-pyrrole nitrogens is 1. The lowest BCUT2D eigenvalue weighted by atomic mass is 9.91. The molecule has 4 nitrogen and oxygen atoms in total. The zero-order valence-corrected chi connectivity index (χ0v) is 16.4. The molecule has 142 valence electrons. The van der Waals surface area contributed by atoms with Gasteiger partial charge in [-0.25, -0.2) is 0 Å². The maximum Gasteiger partial charge on any atom is 0.222 e. The molecule has 0 saturated carbocycles. The fourth-order valence-corrected chi connectivity index (χ4v) is 5.11. The molecule has 3 heterocycles. The highest BCUT2D eigenvalue weighted by molar-refractivity contribution is 7.08. The molecule has 1 aliphatic carbocycles. The molecule has 1 amide bonds. The first-order valence-corrected chi connectivity index (χ1v) is 10.8. The van der Waals surface area contributed by atoms with Crippen molar-refractivity contribution in [2.75, 3.05) is 0 Å². The quantitative estimate of drug-likeness (QED) is 0.484. The summed E-state index contributed by atoms with van der Waals surface area (Å²) in [6.07, 6.45) is 7.67. The molecule has 0 fully saturated rings. The number of benzene rings is 1. The molecule has 0 unspecified atom stereocenters. The zero-order chi connectivity index (χ0) is 18.9. The Kier molecular flexibility index (Phi) is 4.53. The molecule has 0 spiro atoms. The third-order valence-corrected chi connectivity index (χ3v) is 6.45. The van der Waals surface area contributed by atoms with Gasteiger partial charge in [-0.05, 0) is 65.4 Å². The highest BCUT2D eigenvalue weighted by Crippen LogP contribution is 2.35. The number of nitrogens with one attached hydrogen (secondary N) is 2. The first-order valence-electron chi connectivity index (χ1n) is 9.83. The van der Waals surface area contributed by atoms with Gasteiger partial charge in [0, 0.05) is 29.0 Å². The van der Waals surface area contributed by atoms with E-state index in [2.05, 4.69) is 56.0 Å². The Hall–Kier alpha value is -2.79. The normalized spacial score (nSPS) is 17.4. The number of carbonyl (C=O) groups is 1. The first kappa shape index (κ1) is 17.3. The highest BCUT2D eigenvalue weighted by atomic mass is 32.1. The van der Waals surface area contributed by atoms with Crippen LogP contribution in [0.4, 0.5) is 0 Å². The molecule has 1 aliphatic rings. The van der Waals surface area contributed by atoms with E-state index in [1.54, 1.807) is 11.3 Å². The van der Waals surface area contributed by atoms with Crippen LogP contribution in [0.2, 0.25) is 0 Å². The van der Waals surface area contributed by atoms with Gasteiger partial charge in [0.2, 0.25) is 5.91 Å². The molecule has 0 aliphatic heterocycles. The van der Waals surface area contributed by atoms with E-state index in [0.29, 0.717) is 6.42 Å². The van der Waals surface area contributed by atoms with Gasteiger partial charge in [-0.2, -0.15) is 11.3 Å². The van der Waals surface area contributed by atoms with Crippen molar-refractivity contribution in [2.45, 2.75) is 37.8 Å². The van der Waals surface area contributed by atoms with Crippen molar-refractivity contribution in [3.8, 4) is 0 Å². The Balaban J connectivity index is 1.37. The van der Waals surface area contributed by atoms with Gasteiger partial charge in [0.15, 0.2) is 0 Å². The number of nitrogens with zero attached hydrogens (tertiary/aromatic N) is 1. The van der Waals surface area contributed by atoms with Gasteiger partial charge in [0.25, 0.3) is 0 Å². The number of amides is 1. The predicted molar refractivity (Wildman–Crippen MR) is 114 cm³/mol. The smallest absolute Gasteiger partial charge is 0.222 e. The lowest BCUT2D eigenvalue weighted by Gasteiger charge is -2.25. The van der Waals surface area contributed by atoms with Gasteiger partial charge in [0.05, 0.1) is 18.5 Å². The Morgan fingerprint density at radius 2 is 2.07 bits per heavy atom. The van der Waals surface area contributed by atoms with Gasteiger partial charge in [-0.1, -0.05) is 18.2 Å². The van der Waals surface area contributed by atoms with Crippen LogP contribution in [-0.4, -0.2) is 15.5 Å². The molecule has 28 heavy (non-hydrogen) atoms. The van der Waals surface area contributed by atoms with E-state index < -0.39 is 0 Å². The van der Waals surface area contributed by atoms with Crippen molar-refractivity contribution in [3.63, 3.8) is 0 Å². The van der Waals surface area contributed by atoms with E-state index in [1.807, 2.05) is 24.5 Å². The summed E-state index contributed by atoms with van der Waals surface area (Å²) in [7, 11) is 0. The number of hydrogen-bond donors (Lipinski definition) is 2. The Morgan fingerprint density at radius 3 is 2.89 bits per heavy atom. The second-order valence-electron chi connectivity index (χ2n) is 7.48. The van der Waals surface area contributed by atoms with Gasteiger partial charge >= 0.3 is 0 Å². The molecule has 1 aromatic carbocycles. The summed E-state index contributed by atoms with van der Waals surface area (Å²) >= 11 is 1.67. The van der Waals surface area contributed by atoms with Gasteiger partial charge < -0.3 is 14.9 Å². The molecule has 3 aromatic heterocycles. The molecule has 2 N–H and O–H groups in total. The fraction of sp³-hybridized carbons (Fsp3) is 0.261. The van der Waals surface area contributed by atoms with Crippen LogP contribution in [0.1, 0.15) is 48.2 Å². The van der Waals surface area contributed by atoms with E-state index in [4.69, 9.17) is 0 Å². The molecule has 5 heteroatoms. The van der Waals surface area contributed by atoms with Crippen molar-refractivity contribution < 1.29 is 4.79 Å². The third-order valence-electron chi connectivity index (χ3n) is 5.74. The van der Waals surface area contributed by atoms with E-state index in [1.165, 1.54) is 22.2 Å². The number of thiophene rings is 1. The highest BCUT2D eigenvalue weighted by Gasteiger charge is 2.26. The standard InChI is InChI=1S/C23H23N3OS/c27-22(14-21(16-10-13-28-15-16)26-11-3-4-12-26)24-20-9-5-7-18-17-6-1-2-8-19(17)25-23(18)20/h1-4,6,8,10-13,15,20-21,25H,5,7,9,14H2,(H,24,27)/t20-,21-/m0/s1.